The summed E-state index contributed by atoms with van der Waals surface area (Å²) in [6.45, 7) is 4.29. The molecule has 0 heterocycles. The second-order valence-electron chi connectivity index (χ2n) is 4.31. The summed E-state index contributed by atoms with van der Waals surface area (Å²) >= 11 is 0. The Morgan fingerprint density at radius 3 is 2.19 bits per heavy atom. The molecule has 0 fully saturated rings. The topological polar surface area (TPSA) is 74.6 Å². The Hall–Kier alpha value is -1.32. The van der Waals surface area contributed by atoms with Gasteiger partial charge < -0.3 is 10.2 Å². The van der Waals surface area contributed by atoms with Crippen LogP contribution in [0.3, 0.4) is 0 Å². The molecule has 0 amide bonds. The maximum atomic E-state index is 10.7. The fraction of sp³-hybridized carbons (Fsp3) is 0.667. The van der Waals surface area contributed by atoms with Gasteiger partial charge in [-0.2, -0.15) is 0 Å². The zero-order valence-corrected chi connectivity index (χ0v) is 9.90. The van der Waals surface area contributed by atoms with Gasteiger partial charge in [0.1, 0.15) is 0 Å². The summed E-state index contributed by atoms with van der Waals surface area (Å²) in [5.74, 6) is -1.67. The van der Waals surface area contributed by atoms with Crippen LogP contribution in [0.15, 0.2) is 11.6 Å². The lowest BCUT2D eigenvalue weighted by atomic mass is 10.0. The molecule has 92 valence electrons. The lowest BCUT2D eigenvalue weighted by Gasteiger charge is -2.04. The lowest BCUT2D eigenvalue weighted by Crippen LogP contribution is -2.04. The summed E-state index contributed by atoms with van der Waals surface area (Å²) in [5.41, 5.74) is -0.0166. The summed E-state index contributed by atoms with van der Waals surface area (Å²) in [6.07, 6.45) is 4.99. The van der Waals surface area contributed by atoms with E-state index in [1.165, 1.54) is 0 Å². The molecule has 0 aromatic heterocycles. The van der Waals surface area contributed by atoms with Crippen molar-refractivity contribution in [2.75, 3.05) is 0 Å². The maximum Gasteiger partial charge on any atom is 0.331 e. The van der Waals surface area contributed by atoms with Gasteiger partial charge in [0.05, 0.1) is 0 Å². The molecule has 4 nitrogen and oxygen atoms in total. The van der Waals surface area contributed by atoms with Crippen LogP contribution in [0.25, 0.3) is 0 Å². The third kappa shape index (κ3) is 8.03. The standard InChI is InChI=1S/C12H20O4/c1-9(2)6-4-3-5-7-10(12(15)16)8-11(13)14/h8-9H,3-7H2,1-2H3,(H,13,14)(H,15,16)/b10-8+. The van der Waals surface area contributed by atoms with Crippen LogP contribution in [0, 0.1) is 5.92 Å². The minimum atomic E-state index is -1.19. The van der Waals surface area contributed by atoms with E-state index >= 15 is 0 Å². The molecule has 4 heteroatoms. The molecule has 0 aliphatic rings. The van der Waals surface area contributed by atoms with E-state index in [-0.39, 0.29) is 5.57 Å². The minimum absolute atomic E-state index is 0.0166. The number of carbonyl (C=O) groups is 2. The number of carboxylic acid groups (broad SMARTS) is 2. The summed E-state index contributed by atoms with van der Waals surface area (Å²) in [7, 11) is 0. The van der Waals surface area contributed by atoms with Crippen LogP contribution < -0.4 is 0 Å². The number of aliphatic carboxylic acids is 2. The third-order valence-electron chi connectivity index (χ3n) is 2.30. The number of hydrogen-bond donors (Lipinski definition) is 2. The molecule has 16 heavy (non-hydrogen) atoms. The predicted molar refractivity (Wildman–Crippen MR) is 61.3 cm³/mol. The lowest BCUT2D eigenvalue weighted by molar-refractivity contribution is -0.135. The first-order valence-electron chi connectivity index (χ1n) is 5.60. The molecule has 0 aromatic carbocycles. The van der Waals surface area contributed by atoms with Crippen molar-refractivity contribution in [1.29, 1.82) is 0 Å². The van der Waals surface area contributed by atoms with E-state index in [0.29, 0.717) is 12.3 Å². The molecule has 0 aliphatic heterocycles. The third-order valence-corrected chi connectivity index (χ3v) is 2.30. The van der Waals surface area contributed by atoms with Crippen LogP contribution in [0.4, 0.5) is 0 Å². The first kappa shape index (κ1) is 14.7. The van der Waals surface area contributed by atoms with Crippen LogP contribution >= 0.6 is 0 Å². The van der Waals surface area contributed by atoms with Gasteiger partial charge in [0, 0.05) is 11.6 Å². The molecule has 0 unspecified atom stereocenters. The Morgan fingerprint density at radius 1 is 1.12 bits per heavy atom. The van der Waals surface area contributed by atoms with Crippen molar-refractivity contribution >= 4 is 11.9 Å². The zero-order chi connectivity index (χ0) is 12.6. The highest BCUT2D eigenvalue weighted by Crippen LogP contribution is 2.13. The minimum Gasteiger partial charge on any atom is -0.478 e. The summed E-state index contributed by atoms with van der Waals surface area (Å²) in [5, 5.41) is 17.2. The van der Waals surface area contributed by atoms with Crippen molar-refractivity contribution in [3.63, 3.8) is 0 Å². The number of unbranched alkanes of at least 4 members (excludes halogenated alkanes) is 2. The Bertz CT molecular complexity index is 266. The van der Waals surface area contributed by atoms with E-state index in [4.69, 9.17) is 10.2 Å². The normalized spacial score (nSPS) is 11.8. The molecular formula is C12H20O4. The van der Waals surface area contributed by atoms with Crippen LogP contribution in [-0.4, -0.2) is 22.2 Å². The van der Waals surface area contributed by atoms with E-state index in [1.54, 1.807) is 0 Å². The highest BCUT2D eigenvalue weighted by molar-refractivity contribution is 5.94. The second-order valence-corrected chi connectivity index (χ2v) is 4.31. The van der Waals surface area contributed by atoms with Crippen LogP contribution in [0.5, 0.6) is 0 Å². The molecule has 0 spiro atoms. The van der Waals surface area contributed by atoms with E-state index in [2.05, 4.69) is 13.8 Å². The summed E-state index contributed by atoms with van der Waals surface area (Å²) < 4.78 is 0. The fourth-order valence-electron chi connectivity index (χ4n) is 1.43. The van der Waals surface area contributed by atoms with Gasteiger partial charge in [-0.05, 0) is 18.8 Å². The maximum absolute atomic E-state index is 10.7. The van der Waals surface area contributed by atoms with Crippen molar-refractivity contribution in [1.82, 2.24) is 0 Å². The molecule has 0 saturated heterocycles. The van der Waals surface area contributed by atoms with Gasteiger partial charge in [-0.1, -0.05) is 33.1 Å². The Morgan fingerprint density at radius 2 is 1.75 bits per heavy atom. The van der Waals surface area contributed by atoms with Crippen molar-refractivity contribution < 1.29 is 19.8 Å². The van der Waals surface area contributed by atoms with Crippen molar-refractivity contribution in [3.05, 3.63) is 11.6 Å². The molecule has 0 rings (SSSR count). The van der Waals surface area contributed by atoms with Crippen molar-refractivity contribution in [2.24, 2.45) is 5.92 Å². The molecule has 0 atom stereocenters. The van der Waals surface area contributed by atoms with Gasteiger partial charge in [0.25, 0.3) is 0 Å². The number of hydrogen-bond acceptors (Lipinski definition) is 2. The Labute approximate surface area is 96.0 Å². The number of carboxylic acids is 2. The van der Waals surface area contributed by atoms with Crippen molar-refractivity contribution in [3.8, 4) is 0 Å². The van der Waals surface area contributed by atoms with Gasteiger partial charge >= 0.3 is 11.9 Å². The SMILES string of the molecule is CC(C)CCCCC/C(=C\C(=O)O)C(=O)O. The average molecular weight is 228 g/mol. The zero-order valence-electron chi connectivity index (χ0n) is 9.90. The smallest absolute Gasteiger partial charge is 0.331 e. The van der Waals surface area contributed by atoms with Gasteiger partial charge in [-0.3, -0.25) is 0 Å². The van der Waals surface area contributed by atoms with Crippen LogP contribution in [-0.2, 0) is 9.59 Å². The van der Waals surface area contributed by atoms with E-state index < -0.39 is 11.9 Å². The van der Waals surface area contributed by atoms with Crippen LogP contribution in [0.2, 0.25) is 0 Å². The largest absolute Gasteiger partial charge is 0.478 e. The highest BCUT2D eigenvalue weighted by atomic mass is 16.4. The molecule has 0 saturated carbocycles. The fourth-order valence-corrected chi connectivity index (χ4v) is 1.43. The first-order valence-corrected chi connectivity index (χ1v) is 5.60. The summed E-state index contributed by atoms with van der Waals surface area (Å²) in [6, 6.07) is 0. The van der Waals surface area contributed by atoms with E-state index in [1.807, 2.05) is 0 Å². The monoisotopic (exact) mass is 228 g/mol. The molecule has 0 aliphatic carbocycles. The Balaban J connectivity index is 3.87. The van der Waals surface area contributed by atoms with Gasteiger partial charge in [0.15, 0.2) is 0 Å². The molecular weight excluding hydrogens is 208 g/mol. The number of rotatable bonds is 8. The highest BCUT2D eigenvalue weighted by Gasteiger charge is 2.08. The van der Waals surface area contributed by atoms with E-state index in [0.717, 1.165) is 31.8 Å². The summed E-state index contributed by atoms with van der Waals surface area (Å²) in [4.78, 5) is 21.0. The van der Waals surface area contributed by atoms with Crippen molar-refractivity contribution in [2.45, 2.75) is 46.0 Å². The Kier molecular flexibility index (Phi) is 7.25. The molecule has 2 N–H and O–H groups in total. The second kappa shape index (κ2) is 7.91. The van der Waals surface area contributed by atoms with Gasteiger partial charge in [-0.25, -0.2) is 9.59 Å². The first-order chi connectivity index (χ1) is 7.43. The van der Waals surface area contributed by atoms with Gasteiger partial charge in [-0.15, -0.1) is 0 Å². The average Bonchev–Trinajstić information content (AvgIpc) is 2.14. The van der Waals surface area contributed by atoms with Crippen LogP contribution in [0.1, 0.15) is 46.0 Å². The van der Waals surface area contributed by atoms with E-state index in [9.17, 15) is 9.59 Å². The van der Waals surface area contributed by atoms with Gasteiger partial charge in [0.2, 0.25) is 0 Å². The quantitative estimate of drug-likeness (QED) is 0.494. The molecule has 0 radical (unpaired) electrons. The predicted octanol–water partition coefficient (Wildman–Crippen LogP) is 2.69. The molecule has 0 aromatic rings. The molecule has 0 bridgehead atoms.